The fourth-order valence-electron chi connectivity index (χ4n) is 3.13. The molecule has 2 aliphatic heterocycles. The molecule has 2 atom stereocenters. The number of ether oxygens (including phenoxy) is 2. The maximum atomic E-state index is 12.3. The molecule has 2 heterocycles. The molecule has 1 fully saturated rings. The van der Waals surface area contributed by atoms with Gasteiger partial charge in [0.25, 0.3) is 0 Å². The molecular formula is C18H26N2O3. The van der Waals surface area contributed by atoms with Crippen molar-refractivity contribution < 1.29 is 14.3 Å². The van der Waals surface area contributed by atoms with Gasteiger partial charge in [0.1, 0.15) is 5.60 Å². The Kier molecular flexibility index (Phi) is 4.23. The van der Waals surface area contributed by atoms with Crippen LogP contribution in [0.15, 0.2) is 18.2 Å². The van der Waals surface area contributed by atoms with E-state index in [1.54, 1.807) is 4.90 Å². The van der Waals surface area contributed by atoms with Crippen molar-refractivity contribution in [2.24, 2.45) is 0 Å². The molecule has 0 aromatic heterocycles. The Bertz CT molecular complexity index is 594. The van der Waals surface area contributed by atoms with Gasteiger partial charge in [-0.05, 0) is 64.3 Å². The van der Waals surface area contributed by atoms with E-state index in [4.69, 9.17) is 9.47 Å². The summed E-state index contributed by atoms with van der Waals surface area (Å²) in [6.07, 6.45) is 1.86. The number of nitrogens with one attached hydrogen (secondary N) is 1. The number of rotatable bonds is 2. The van der Waals surface area contributed by atoms with E-state index < -0.39 is 5.60 Å². The number of carbonyl (C=O) groups is 1. The van der Waals surface area contributed by atoms with Crippen molar-refractivity contribution in [3.8, 4) is 0 Å². The fourth-order valence-corrected chi connectivity index (χ4v) is 3.13. The van der Waals surface area contributed by atoms with Gasteiger partial charge >= 0.3 is 6.09 Å². The zero-order valence-corrected chi connectivity index (χ0v) is 14.4. The number of hydrogen-bond donors (Lipinski definition) is 1. The van der Waals surface area contributed by atoms with Gasteiger partial charge in [-0.1, -0.05) is 0 Å². The Morgan fingerprint density at radius 3 is 2.83 bits per heavy atom. The SMILES string of the molecule is CC1OCCC1Nc1ccc2c(c1)CCN2C(=O)OC(C)(C)C. The van der Waals surface area contributed by atoms with Crippen molar-refractivity contribution >= 4 is 17.5 Å². The monoisotopic (exact) mass is 318 g/mol. The van der Waals surface area contributed by atoms with Crippen molar-refractivity contribution in [1.82, 2.24) is 0 Å². The predicted octanol–water partition coefficient (Wildman–Crippen LogP) is 3.57. The van der Waals surface area contributed by atoms with Crippen LogP contribution in [0.5, 0.6) is 0 Å². The van der Waals surface area contributed by atoms with Crippen LogP contribution in [-0.2, 0) is 15.9 Å². The topological polar surface area (TPSA) is 50.8 Å². The number of amides is 1. The standard InChI is InChI=1S/C18H26N2O3/c1-12-15(8-10-22-12)19-14-5-6-16-13(11-14)7-9-20(16)17(21)23-18(2,3)4/h5-6,11-12,15,19H,7-10H2,1-4H3. The molecule has 3 rings (SSSR count). The third-order valence-corrected chi connectivity index (χ3v) is 4.32. The van der Waals surface area contributed by atoms with E-state index in [0.717, 1.165) is 30.8 Å². The first-order chi connectivity index (χ1) is 10.8. The molecule has 0 saturated carbocycles. The van der Waals surface area contributed by atoms with E-state index in [2.05, 4.69) is 18.3 Å². The van der Waals surface area contributed by atoms with Crippen molar-refractivity contribution in [3.05, 3.63) is 23.8 Å². The Balaban J connectivity index is 1.71. The summed E-state index contributed by atoms with van der Waals surface area (Å²) in [4.78, 5) is 14.0. The van der Waals surface area contributed by atoms with Gasteiger partial charge in [-0.25, -0.2) is 4.79 Å². The highest BCUT2D eigenvalue weighted by Gasteiger charge is 2.29. The summed E-state index contributed by atoms with van der Waals surface area (Å²) >= 11 is 0. The van der Waals surface area contributed by atoms with E-state index in [1.807, 2.05) is 32.9 Å². The van der Waals surface area contributed by atoms with Gasteiger partial charge in [0.2, 0.25) is 0 Å². The fraction of sp³-hybridized carbons (Fsp3) is 0.611. The summed E-state index contributed by atoms with van der Waals surface area (Å²) in [5.41, 5.74) is 2.77. The molecule has 0 radical (unpaired) electrons. The van der Waals surface area contributed by atoms with Crippen molar-refractivity contribution in [2.75, 3.05) is 23.4 Å². The lowest BCUT2D eigenvalue weighted by atomic mass is 10.1. The lowest BCUT2D eigenvalue weighted by Crippen LogP contribution is -2.35. The number of carbonyl (C=O) groups excluding carboxylic acids is 1. The maximum absolute atomic E-state index is 12.3. The normalized spacial score (nSPS) is 23.7. The second-order valence-corrected chi connectivity index (χ2v) is 7.34. The lowest BCUT2D eigenvalue weighted by Gasteiger charge is -2.25. The second-order valence-electron chi connectivity index (χ2n) is 7.34. The minimum atomic E-state index is -0.472. The third kappa shape index (κ3) is 3.61. The number of fused-ring (bicyclic) bond motifs is 1. The zero-order chi connectivity index (χ0) is 16.6. The molecule has 5 heteroatoms. The minimum absolute atomic E-state index is 0.238. The van der Waals surface area contributed by atoms with Gasteiger partial charge in [0, 0.05) is 18.8 Å². The summed E-state index contributed by atoms with van der Waals surface area (Å²) in [5, 5.41) is 3.54. The van der Waals surface area contributed by atoms with Crippen LogP contribution in [0.3, 0.4) is 0 Å². The molecule has 23 heavy (non-hydrogen) atoms. The summed E-state index contributed by atoms with van der Waals surface area (Å²) < 4.78 is 11.1. The molecule has 5 nitrogen and oxygen atoms in total. The van der Waals surface area contributed by atoms with Crippen LogP contribution in [0.4, 0.5) is 16.2 Å². The molecule has 0 spiro atoms. The highest BCUT2D eigenvalue weighted by Crippen LogP contribution is 2.32. The van der Waals surface area contributed by atoms with Crippen molar-refractivity contribution in [2.45, 2.75) is 58.3 Å². The Hall–Kier alpha value is -1.75. The molecule has 126 valence electrons. The van der Waals surface area contributed by atoms with Crippen LogP contribution in [0.1, 0.15) is 39.7 Å². The Labute approximate surface area is 137 Å². The molecular weight excluding hydrogens is 292 g/mol. The van der Waals surface area contributed by atoms with Crippen LogP contribution in [0, 0.1) is 0 Å². The quantitative estimate of drug-likeness (QED) is 0.905. The van der Waals surface area contributed by atoms with E-state index in [0.29, 0.717) is 12.6 Å². The summed E-state index contributed by atoms with van der Waals surface area (Å²) in [6, 6.07) is 6.54. The van der Waals surface area contributed by atoms with Gasteiger partial charge in [0.05, 0.1) is 17.8 Å². The van der Waals surface area contributed by atoms with Gasteiger partial charge in [-0.15, -0.1) is 0 Å². The summed E-state index contributed by atoms with van der Waals surface area (Å²) in [5.74, 6) is 0. The second kappa shape index (κ2) is 6.04. The van der Waals surface area contributed by atoms with E-state index in [-0.39, 0.29) is 12.2 Å². The molecule has 2 aliphatic rings. The first-order valence-electron chi connectivity index (χ1n) is 8.35. The maximum Gasteiger partial charge on any atom is 0.414 e. The Morgan fingerprint density at radius 2 is 2.17 bits per heavy atom. The molecule has 1 N–H and O–H groups in total. The number of benzene rings is 1. The summed E-state index contributed by atoms with van der Waals surface area (Å²) in [6.45, 7) is 9.26. The zero-order valence-electron chi connectivity index (χ0n) is 14.4. The summed E-state index contributed by atoms with van der Waals surface area (Å²) in [7, 11) is 0. The molecule has 0 bridgehead atoms. The van der Waals surface area contributed by atoms with Crippen LogP contribution < -0.4 is 10.2 Å². The van der Waals surface area contributed by atoms with Gasteiger partial charge < -0.3 is 14.8 Å². The van der Waals surface area contributed by atoms with Crippen LogP contribution >= 0.6 is 0 Å². The van der Waals surface area contributed by atoms with E-state index in [1.165, 1.54) is 5.56 Å². The number of hydrogen-bond acceptors (Lipinski definition) is 4. The first-order valence-corrected chi connectivity index (χ1v) is 8.35. The van der Waals surface area contributed by atoms with E-state index >= 15 is 0 Å². The molecule has 1 aromatic carbocycles. The highest BCUT2D eigenvalue weighted by molar-refractivity contribution is 5.91. The largest absolute Gasteiger partial charge is 0.443 e. The predicted molar refractivity (Wildman–Crippen MR) is 91.2 cm³/mol. The van der Waals surface area contributed by atoms with Crippen LogP contribution in [0.2, 0.25) is 0 Å². The van der Waals surface area contributed by atoms with Crippen molar-refractivity contribution in [3.63, 3.8) is 0 Å². The number of nitrogens with zero attached hydrogens (tertiary/aromatic N) is 1. The molecule has 0 aliphatic carbocycles. The van der Waals surface area contributed by atoms with Gasteiger partial charge in [0.15, 0.2) is 0 Å². The van der Waals surface area contributed by atoms with Gasteiger partial charge in [-0.3, -0.25) is 4.90 Å². The Morgan fingerprint density at radius 1 is 1.39 bits per heavy atom. The van der Waals surface area contributed by atoms with Crippen LogP contribution in [0.25, 0.3) is 0 Å². The highest BCUT2D eigenvalue weighted by atomic mass is 16.6. The molecule has 2 unspecified atom stereocenters. The average molecular weight is 318 g/mol. The van der Waals surface area contributed by atoms with Crippen molar-refractivity contribution in [1.29, 1.82) is 0 Å². The molecule has 1 saturated heterocycles. The molecule has 1 amide bonds. The first kappa shape index (κ1) is 16.1. The number of anilines is 2. The van der Waals surface area contributed by atoms with Gasteiger partial charge in [-0.2, -0.15) is 0 Å². The van der Waals surface area contributed by atoms with E-state index in [9.17, 15) is 4.79 Å². The molecule has 1 aromatic rings. The lowest BCUT2D eigenvalue weighted by molar-refractivity contribution is 0.0584. The minimum Gasteiger partial charge on any atom is -0.443 e. The third-order valence-electron chi connectivity index (χ3n) is 4.32. The average Bonchev–Trinajstić information content (AvgIpc) is 3.03. The smallest absolute Gasteiger partial charge is 0.414 e. The van der Waals surface area contributed by atoms with Crippen LogP contribution in [-0.4, -0.2) is 37.0 Å².